The molecule has 1 unspecified atom stereocenters. The van der Waals surface area contributed by atoms with Crippen LogP contribution in [0.5, 0.6) is 0 Å². The van der Waals surface area contributed by atoms with E-state index in [9.17, 15) is 14.4 Å². The van der Waals surface area contributed by atoms with E-state index in [1.165, 1.54) is 18.1 Å². The summed E-state index contributed by atoms with van der Waals surface area (Å²) >= 11 is 0. The van der Waals surface area contributed by atoms with Gasteiger partial charge < -0.3 is 4.74 Å². The Morgan fingerprint density at radius 3 is 2.75 bits per heavy atom. The highest BCUT2D eigenvalue weighted by molar-refractivity contribution is 6.01. The van der Waals surface area contributed by atoms with Crippen LogP contribution in [0, 0.1) is 34.5 Å². The topological polar surface area (TPSA) is 60.4 Å². The van der Waals surface area contributed by atoms with Crippen LogP contribution in [-0.2, 0) is 19.1 Å². The molecule has 4 heteroatoms. The Bertz CT molecular complexity index is 832. The van der Waals surface area contributed by atoms with Crippen LogP contribution in [-0.4, -0.2) is 24.1 Å². The summed E-state index contributed by atoms with van der Waals surface area (Å²) in [5.41, 5.74) is 2.44. The van der Waals surface area contributed by atoms with Gasteiger partial charge in [-0.05, 0) is 67.9 Å². The van der Waals surface area contributed by atoms with Crippen LogP contribution in [0.3, 0.4) is 0 Å². The monoisotopic (exact) mass is 382 g/mol. The first-order valence-corrected chi connectivity index (χ1v) is 10.5. The highest BCUT2D eigenvalue weighted by atomic mass is 16.5. The molecule has 0 saturated heterocycles. The minimum absolute atomic E-state index is 0.0651. The van der Waals surface area contributed by atoms with Gasteiger partial charge in [-0.2, -0.15) is 0 Å². The van der Waals surface area contributed by atoms with E-state index >= 15 is 0 Å². The number of fused-ring (bicyclic) bond motifs is 5. The summed E-state index contributed by atoms with van der Waals surface area (Å²) in [6.45, 7) is 7.92. The molecule has 0 aromatic carbocycles. The number of carbonyl (C=O) groups excluding carboxylic acids is 3. The third-order valence-corrected chi connectivity index (χ3v) is 8.05. The van der Waals surface area contributed by atoms with Gasteiger partial charge in [0.05, 0.1) is 0 Å². The van der Waals surface area contributed by atoms with E-state index in [1.807, 2.05) is 6.08 Å². The van der Waals surface area contributed by atoms with E-state index in [2.05, 4.69) is 32.9 Å². The van der Waals surface area contributed by atoms with Crippen molar-refractivity contribution in [2.24, 2.45) is 34.5 Å². The zero-order valence-corrected chi connectivity index (χ0v) is 17.3. The molecule has 4 nitrogen and oxygen atoms in total. The molecular formula is C24H30O4. The highest BCUT2D eigenvalue weighted by Crippen LogP contribution is 2.65. The Hall–Kier alpha value is -1.97. The minimum atomic E-state index is -0.398. The van der Waals surface area contributed by atoms with E-state index in [-0.39, 0.29) is 34.9 Å². The van der Waals surface area contributed by atoms with Crippen molar-refractivity contribution in [3.05, 3.63) is 35.5 Å². The quantitative estimate of drug-likeness (QED) is 0.542. The van der Waals surface area contributed by atoms with Gasteiger partial charge in [-0.15, -0.1) is 0 Å². The number of ether oxygens (including phenoxy) is 1. The summed E-state index contributed by atoms with van der Waals surface area (Å²) in [6.07, 6.45) is 11.9. The van der Waals surface area contributed by atoms with Crippen LogP contribution in [0.15, 0.2) is 35.5 Å². The molecule has 0 aromatic heterocycles. The molecule has 0 N–H and O–H groups in total. The first kappa shape index (κ1) is 19.4. The summed E-state index contributed by atoms with van der Waals surface area (Å²) in [5.74, 6) is 0.894. The van der Waals surface area contributed by atoms with Gasteiger partial charge in [0.1, 0.15) is 6.61 Å². The van der Waals surface area contributed by atoms with Crippen molar-refractivity contribution < 1.29 is 19.1 Å². The van der Waals surface area contributed by atoms with Crippen LogP contribution in [0.1, 0.15) is 53.4 Å². The average Bonchev–Trinajstić information content (AvgIpc) is 2.90. The molecule has 150 valence electrons. The molecule has 0 aliphatic heterocycles. The van der Waals surface area contributed by atoms with Crippen molar-refractivity contribution in [1.29, 1.82) is 0 Å². The molecule has 0 heterocycles. The number of hydrogen-bond acceptors (Lipinski definition) is 4. The van der Waals surface area contributed by atoms with Gasteiger partial charge in [0.15, 0.2) is 11.6 Å². The maximum Gasteiger partial charge on any atom is 0.303 e. The second-order valence-corrected chi connectivity index (χ2v) is 9.67. The number of allylic oxidation sites excluding steroid dienone is 6. The van der Waals surface area contributed by atoms with Crippen LogP contribution in [0.4, 0.5) is 0 Å². The molecule has 0 spiro atoms. The van der Waals surface area contributed by atoms with Crippen molar-refractivity contribution in [1.82, 2.24) is 0 Å². The van der Waals surface area contributed by atoms with E-state index in [0.717, 1.165) is 25.7 Å². The predicted molar refractivity (Wildman–Crippen MR) is 106 cm³/mol. The largest absolute Gasteiger partial charge is 0.458 e. The predicted octanol–water partition coefficient (Wildman–Crippen LogP) is 4.21. The lowest BCUT2D eigenvalue weighted by Crippen LogP contribution is -2.45. The third-order valence-electron chi connectivity index (χ3n) is 8.05. The molecule has 2 fully saturated rings. The zero-order chi connectivity index (χ0) is 20.3. The van der Waals surface area contributed by atoms with Crippen LogP contribution >= 0.6 is 0 Å². The number of hydrogen-bond donors (Lipinski definition) is 0. The molecular weight excluding hydrogens is 352 g/mol. The van der Waals surface area contributed by atoms with E-state index in [1.54, 1.807) is 6.08 Å². The van der Waals surface area contributed by atoms with Gasteiger partial charge in [0, 0.05) is 18.3 Å². The number of rotatable bonds is 3. The third kappa shape index (κ3) is 2.75. The number of esters is 1. The van der Waals surface area contributed by atoms with Crippen molar-refractivity contribution >= 4 is 17.5 Å². The Labute approximate surface area is 167 Å². The molecule has 0 amide bonds. The summed E-state index contributed by atoms with van der Waals surface area (Å²) < 4.78 is 5.04. The van der Waals surface area contributed by atoms with Crippen LogP contribution in [0.25, 0.3) is 0 Å². The smallest absolute Gasteiger partial charge is 0.303 e. The Morgan fingerprint density at radius 1 is 1.29 bits per heavy atom. The Morgan fingerprint density at radius 2 is 2.04 bits per heavy atom. The summed E-state index contributed by atoms with van der Waals surface area (Å²) in [7, 11) is 0. The summed E-state index contributed by atoms with van der Waals surface area (Å²) in [4.78, 5) is 36.0. The molecule has 0 bridgehead atoms. The standard InChI is InChI=1S/C24H30O4/c1-14-11-20-18-6-5-16-12-17(26)7-9-23(16,3)19(18)8-10-24(20,4)22(14)21(27)13-28-15(2)25/h7-9,12,14,18,20,22H,5-6,10-11,13H2,1-4H3/t14-,18-,20+,22?,23+,24+/m1/s1. The Kier molecular flexibility index (Phi) is 4.52. The van der Waals surface area contributed by atoms with Crippen molar-refractivity contribution in [3.8, 4) is 0 Å². The number of ketones is 2. The van der Waals surface area contributed by atoms with Crippen molar-refractivity contribution in [2.45, 2.75) is 53.4 Å². The maximum absolute atomic E-state index is 13.0. The van der Waals surface area contributed by atoms with Gasteiger partial charge in [-0.1, -0.05) is 37.1 Å². The van der Waals surface area contributed by atoms with E-state index in [0.29, 0.717) is 17.8 Å². The second kappa shape index (κ2) is 6.53. The molecule has 0 radical (unpaired) electrons. The second-order valence-electron chi connectivity index (χ2n) is 9.67. The van der Waals surface area contributed by atoms with Crippen molar-refractivity contribution in [2.75, 3.05) is 6.61 Å². The van der Waals surface area contributed by atoms with Crippen molar-refractivity contribution in [3.63, 3.8) is 0 Å². The van der Waals surface area contributed by atoms with Gasteiger partial charge in [-0.25, -0.2) is 0 Å². The fraction of sp³-hybridized carbons (Fsp3) is 0.625. The van der Waals surface area contributed by atoms with Gasteiger partial charge >= 0.3 is 5.97 Å². The minimum Gasteiger partial charge on any atom is -0.458 e. The first-order valence-electron chi connectivity index (χ1n) is 10.5. The molecule has 4 aliphatic rings. The van der Waals surface area contributed by atoms with E-state index in [4.69, 9.17) is 4.74 Å². The van der Waals surface area contributed by atoms with Crippen LogP contribution < -0.4 is 0 Å². The zero-order valence-electron chi connectivity index (χ0n) is 17.3. The lowest BCUT2D eigenvalue weighted by molar-refractivity contribution is -0.148. The normalized spacial score (nSPS) is 41.4. The van der Waals surface area contributed by atoms with Gasteiger partial charge in [0.2, 0.25) is 0 Å². The summed E-state index contributed by atoms with van der Waals surface area (Å²) in [5, 5.41) is 0. The lowest BCUT2D eigenvalue weighted by atomic mass is 9.52. The fourth-order valence-corrected chi connectivity index (χ4v) is 6.84. The SMILES string of the molecule is CC(=O)OCC(=O)C1[C@H](C)C[C@H]2[C@@H]3CCC4=CC(=O)C=C[C@]4(C)C3=CC[C@]12C. The van der Waals surface area contributed by atoms with Gasteiger partial charge in [0.25, 0.3) is 0 Å². The lowest BCUT2D eigenvalue weighted by Gasteiger charge is -2.52. The van der Waals surface area contributed by atoms with Gasteiger partial charge in [-0.3, -0.25) is 14.4 Å². The number of carbonyl (C=O) groups is 3. The highest BCUT2D eigenvalue weighted by Gasteiger charge is 2.59. The molecule has 28 heavy (non-hydrogen) atoms. The molecule has 4 rings (SSSR count). The first-order chi connectivity index (χ1) is 13.2. The molecule has 2 saturated carbocycles. The van der Waals surface area contributed by atoms with Crippen LogP contribution in [0.2, 0.25) is 0 Å². The summed E-state index contributed by atoms with van der Waals surface area (Å²) in [6, 6.07) is 0. The molecule has 6 atom stereocenters. The fourth-order valence-electron chi connectivity index (χ4n) is 6.84. The maximum atomic E-state index is 13.0. The average molecular weight is 383 g/mol. The molecule has 0 aromatic rings. The Balaban J connectivity index is 1.66. The molecule has 4 aliphatic carbocycles. The van der Waals surface area contributed by atoms with E-state index < -0.39 is 5.97 Å². The number of Topliss-reactive ketones (excluding diaryl/α,β-unsaturated/α-hetero) is 1.